The van der Waals surface area contributed by atoms with Gasteiger partial charge in [-0.1, -0.05) is 24.3 Å². The van der Waals surface area contributed by atoms with Crippen LogP contribution in [-0.4, -0.2) is 41.9 Å². The molecule has 2 aromatic carbocycles. The standard InChI is InChI=1S/C24H25F3N6O/c1-30-19-5-3-4-6-20(19)33(23(30)34)18-11-13-32(14-12-18)15-21-28-22(29-31(21)2)16-7-9-17(10-8-16)24(25,26)27/h3-10,18H,11-15H2,1-2H3. The van der Waals surface area contributed by atoms with E-state index in [0.29, 0.717) is 17.9 Å². The smallest absolute Gasteiger partial charge is 0.296 e. The molecular weight excluding hydrogens is 445 g/mol. The van der Waals surface area contributed by atoms with Gasteiger partial charge >= 0.3 is 11.9 Å². The van der Waals surface area contributed by atoms with Gasteiger partial charge in [-0.15, -0.1) is 0 Å². The largest absolute Gasteiger partial charge is 0.416 e. The van der Waals surface area contributed by atoms with Crippen LogP contribution in [0.15, 0.2) is 53.3 Å². The van der Waals surface area contributed by atoms with Gasteiger partial charge in [0.05, 0.1) is 23.1 Å². The number of hydrogen-bond acceptors (Lipinski definition) is 4. The Morgan fingerprint density at radius 3 is 2.26 bits per heavy atom. The van der Waals surface area contributed by atoms with Crippen LogP contribution in [0.2, 0.25) is 0 Å². The maximum Gasteiger partial charge on any atom is 0.416 e. The van der Waals surface area contributed by atoms with E-state index < -0.39 is 11.7 Å². The second-order valence-corrected chi connectivity index (χ2v) is 8.76. The lowest BCUT2D eigenvalue weighted by molar-refractivity contribution is -0.137. The van der Waals surface area contributed by atoms with Gasteiger partial charge in [0.15, 0.2) is 5.82 Å². The molecule has 2 aromatic heterocycles. The lowest BCUT2D eigenvalue weighted by Gasteiger charge is -2.32. The molecule has 0 atom stereocenters. The van der Waals surface area contributed by atoms with Gasteiger partial charge in [-0.05, 0) is 37.1 Å². The number of benzene rings is 2. The predicted octanol–water partition coefficient (Wildman–Crippen LogP) is 3.99. The van der Waals surface area contributed by atoms with Crippen LogP contribution in [0, 0.1) is 0 Å². The predicted molar refractivity (Wildman–Crippen MR) is 122 cm³/mol. The highest BCUT2D eigenvalue weighted by molar-refractivity contribution is 5.76. The zero-order valence-electron chi connectivity index (χ0n) is 19.0. The normalized spacial score (nSPS) is 15.9. The van der Waals surface area contributed by atoms with E-state index in [4.69, 9.17) is 0 Å². The average molecular weight is 470 g/mol. The second-order valence-electron chi connectivity index (χ2n) is 8.76. The molecule has 0 bridgehead atoms. The Hall–Kier alpha value is -3.40. The topological polar surface area (TPSA) is 60.9 Å². The highest BCUT2D eigenvalue weighted by Gasteiger charge is 2.30. The van der Waals surface area contributed by atoms with Crippen LogP contribution < -0.4 is 5.69 Å². The number of alkyl halides is 3. The molecule has 0 saturated carbocycles. The molecule has 3 heterocycles. The van der Waals surface area contributed by atoms with Crippen molar-refractivity contribution in [2.75, 3.05) is 13.1 Å². The molecule has 1 aliphatic rings. The SMILES string of the molecule is Cn1nc(-c2ccc(C(F)(F)F)cc2)nc1CN1CCC(n2c(=O)n(C)c3ccccc32)CC1. The van der Waals surface area contributed by atoms with Crippen LogP contribution in [0.3, 0.4) is 0 Å². The van der Waals surface area contributed by atoms with Crippen molar-refractivity contribution in [3.63, 3.8) is 0 Å². The van der Waals surface area contributed by atoms with Gasteiger partial charge in [0.2, 0.25) is 0 Å². The third-order valence-electron chi connectivity index (χ3n) is 6.61. The fourth-order valence-electron chi connectivity index (χ4n) is 4.69. The number of piperidine rings is 1. The number of likely N-dealkylation sites (tertiary alicyclic amines) is 1. The third-order valence-corrected chi connectivity index (χ3v) is 6.61. The molecule has 4 aromatic rings. The first-order valence-corrected chi connectivity index (χ1v) is 11.2. The summed E-state index contributed by atoms with van der Waals surface area (Å²) in [6, 6.07) is 12.9. The van der Waals surface area contributed by atoms with Crippen molar-refractivity contribution in [3.05, 3.63) is 70.4 Å². The lowest BCUT2D eigenvalue weighted by atomic mass is 10.0. The van der Waals surface area contributed by atoms with Crippen molar-refractivity contribution in [1.82, 2.24) is 28.8 Å². The van der Waals surface area contributed by atoms with Gasteiger partial charge in [0.25, 0.3) is 0 Å². The number of rotatable bonds is 4. The Balaban J connectivity index is 1.28. The molecule has 0 radical (unpaired) electrons. The van der Waals surface area contributed by atoms with Gasteiger partial charge in [-0.3, -0.25) is 18.7 Å². The Bertz CT molecular complexity index is 1370. The van der Waals surface area contributed by atoms with Gasteiger partial charge in [0.1, 0.15) is 5.82 Å². The molecule has 0 spiro atoms. The molecule has 0 aliphatic carbocycles. The molecule has 1 aliphatic heterocycles. The summed E-state index contributed by atoms with van der Waals surface area (Å²) in [5, 5.41) is 4.40. The molecule has 1 fully saturated rings. The summed E-state index contributed by atoms with van der Waals surface area (Å²) in [5.41, 5.74) is 1.76. The van der Waals surface area contributed by atoms with Crippen LogP contribution in [0.4, 0.5) is 13.2 Å². The molecule has 0 amide bonds. The first kappa shape index (κ1) is 22.4. The van der Waals surface area contributed by atoms with Crippen molar-refractivity contribution in [3.8, 4) is 11.4 Å². The van der Waals surface area contributed by atoms with Crippen LogP contribution in [0.25, 0.3) is 22.4 Å². The molecule has 7 nitrogen and oxygen atoms in total. The van der Waals surface area contributed by atoms with E-state index in [0.717, 1.165) is 54.9 Å². The van der Waals surface area contributed by atoms with E-state index in [1.807, 2.05) is 28.8 Å². The Morgan fingerprint density at radius 2 is 1.62 bits per heavy atom. The van der Waals surface area contributed by atoms with Crippen molar-refractivity contribution in [2.45, 2.75) is 31.6 Å². The van der Waals surface area contributed by atoms with E-state index >= 15 is 0 Å². The maximum absolute atomic E-state index is 12.8. The zero-order valence-corrected chi connectivity index (χ0v) is 19.0. The molecule has 0 N–H and O–H groups in total. The minimum atomic E-state index is -4.37. The fourth-order valence-corrected chi connectivity index (χ4v) is 4.69. The highest BCUT2D eigenvalue weighted by Crippen LogP contribution is 2.31. The molecule has 178 valence electrons. The number of fused-ring (bicyclic) bond motifs is 1. The summed E-state index contributed by atoms with van der Waals surface area (Å²) in [4.78, 5) is 19.7. The molecule has 10 heteroatoms. The van der Waals surface area contributed by atoms with Gasteiger partial charge in [0, 0.05) is 38.8 Å². The fraction of sp³-hybridized carbons (Fsp3) is 0.375. The highest BCUT2D eigenvalue weighted by atomic mass is 19.4. The van der Waals surface area contributed by atoms with Gasteiger partial charge in [-0.2, -0.15) is 18.3 Å². The summed E-state index contributed by atoms with van der Waals surface area (Å²) in [5.74, 6) is 1.15. The quantitative estimate of drug-likeness (QED) is 0.453. The maximum atomic E-state index is 12.8. The Morgan fingerprint density at radius 1 is 0.971 bits per heavy atom. The van der Waals surface area contributed by atoms with Crippen molar-refractivity contribution < 1.29 is 13.2 Å². The van der Waals surface area contributed by atoms with Crippen LogP contribution >= 0.6 is 0 Å². The van der Waals surface area contributed by atoms with Gasteiger partial charge in [-0.25, -0.2) is 9.78 Å². The molecule has 1 saturated heterocycles. The van der Waals surface area contributed by atoms with Gasteiger partial charge < -0.3 is 0 Å². The average Bonchev–Trinajstić information content (AvgIpc) is 3.31. The Kier molecular flexibility index (Phi) is 5.55. The first-order chi connectivity index (χ1) is 16.2. The van der Waals surface area contributed by atoms with E-state index in [9.17, 15) is 18.0 Å². The zero-order chi connectivity index (χ0) is 24.0. The summed E-state index contributed by atoms with van der Waals surface area (Å²) in [6.45, 7) is 2.20. The summed E-state index contributed by atoms with van der Waals surface area (Å²) in [6.07, 6.45) is -2.68. The molecule has 34 heavy (non-hydrogen) atoms. The van der Waals surface area contributed by atoms with Crippen LogP contribution in [-0.2, 0) is 26.8 Å². The Labute approximate surface area is 194 Å². The minimum absolute atomic E-state index is 0.00846. The molecular formula is C24H25F3N6O. The number of nitrogens with zero attached hydrogens (tertiary/aromatic N) is 6. The van der Waals surface area contributed by atoms with Crippen LogP contribution in [0.1, 0.15) is 30.3 Å². The van der Waals surface area contributed by atoms with Crippen molar-refractivity contribution in [2.24, 2.45) is 14.1 Å². The van der Waals surface area contributed by atoms with Crippen LogP contribution in [0.5, 0.6) is 0 Å². The summed E-state index contributed by atoms with van der Waals surface area (Å²) < 4.78 is 43.8. The number of aromatic nitrogens is 5. The van der Waals surface area contributed by atoms with E-state index in [2.05, 4.69) is 15.0 Å². The molecule has 5 rings (SSSR count). The number of aryl methyl sites for hydroxylation is 2. The van der Waals surface area contributed by atoms with Crippen molar-refractivity contribution in [1.29, 1.82) is 0 Å². The monoisotopic (exact) mass is 470 g/mol. The lowest BCUT2D eigenvalue weighted by Crippen LogP contribution is -2.37. The molecule has 0 unspecified atom stereocenters. The second kappa shape index (κ2) is 8.43. The number of halogens is 3. The number of imidazole rings is 1. The first-order valence-electron chi connectivity index (χ1n) is 11.2. The van der Waals surface area contributed by atoms with E-state index in [1.165, 1.54) is 12.1 Å². The minimum Gasteiger partial charge on any atom is -0.296 e. The van der Waals surface area contributed by atoms with E-state index in [1.54, 1.807) is 23.3 Å². The third kappa shape index (κ3) is 4.02. The van der Waals surface area contributed by atoms with Crippen molar-refractivity contribution >= 4 is 11.0 Å². The van der Waals surface area contributed by atoms with E-state index in [-0.39, 0.29) is 11.7 Å². The summed E-state index contributed by atoms with van der Waals surface area (Å²) in [7, 11) is 3.59. The summed E-state index contributed by atoms with van der Waals surface area (Å²) >= 11 is 0. The number of hydrogen-bond donors (Lipinski definition) is 0. The number of para-hydroxylation sites is 2.